The number of carbonyl (C=O) groups is 1. The monoisotopic (exact) mass is 357 g/mol. The van der Waals surface area contributed by atoms with Gasteiger partial charge < -0.3 is 10.7 Å². The van der Waals surface area contributed by atoms with E-state index in [4.69, 9.17) is 11.6 Å². The highest BCUT2D eigenvalue weighted by molar-refractivity contribution is 7.89. The van der Waals surface area contributed by atoms with Gasteiger partial charge in [0, 0.05) is 12.6 Å². The van der Waals surface area contributed by atoms with Gasteiger partial charge in [0.15, 0.2) is 0 Å². The van der Waals surface area contributed by atoms with Gasteiger partial charge in [0.05, 0.1) is 15.6 Å². The van der Waals surface area contributed by atoms with Crippen molar-refractivity contribution in [2.45, 2.75) is 11.8 Å². The van der Waals surface area contributed by atoms with Gasteiger partial charge in [0.2, 0.25) is 5.91 Å². The van der Waals surface area contributed by atoms with Crippen molar-refractivity contribution in [3.63, 3.8) is 0 Å². The molecule has 0 fully saturated rings. The predicted molar refractivity (Wildman–Crippen MR) is 86.1 cm³/mol. The summed E-state index contributed by atoms with van der Waals surface area (Å²) in [6, 6.07) is 9.30. The van der Waals surface area contributed by atoms with Crippen LogP contribution < -0.4 is 15.6 Å². The molecule has 122 valence electrons. The lowest BCUT2D eigenvalue weighted by molar-refractivity contribution is -0.114. The maximum Gasteiger partial charge on any atom is 0.257 e. The minimum absolute atomic E-state index is 0.00712. The minimum atomic E-state index is -3.84. The van der Waals surface area contributed by atoms with Crippen LogP contribution in [-0.4, -0.2) is 14.3 Å². The summed E-state index contributed by atoms with van der Waals surface area (Å²) in [6.45, 7) is 1.35. The van der Waals surface area contributed by atoms with Crippen molar-refractivity contribution in [3.05, 3.63) is 53.3 Å². The largest absolute Gasteiger partial charge is 0.326 e. The van der Waals surface area contributed by atoms with Gasteiger partial charge in [-0.05, 0) is 42.5 Å². The maximum absolute atomic E-state index is 13.0. The van der Waals surface area contributed by atoms with E-state index in [1.807, 2.05) is 0 Å². The average molecular weight is 358 g/mol. The summed E-state index contributed by atoms with van der Waals surface area (Å²) in [5.41, 5.74) is 3.21. The van der Waals surface area contributed by atoms with Crippen molar-refractivity contribution in [1.82, 2.24) is 4.83 Å². The second-order valence-electron chi connectivity index (χ2n) is 4.56. The summed E-state index contributed by atoms with van der Waals surface area (Å²) in [4.78, 5) is 13.1. The summed E-state index contributed by atoms with van der Waals surface area (Å²) in [5, 5.41) is 2.40. The van der Waals surface area contributed by atoms with Crippen LogP contribution in [-0.2, 0) is 14.8 Å². The van der Waals surface area contributed by atoms with E-state index in [1.165, 1.54) is 43.3 Å². The molecule has 0 spiro atoms. The van der Waals surface area contributed by atoms with Gasteiger partial charge in [-0.25, -0.2) is 12.8 Å². The molecule has 23 heavy (non-hydrogen) atoms. The molecule has 0 bridgehead atoms. The molecule has 2 aromatic carbocycles. The van der Waals surface area contributed by atoms with Crippen molar-refractivity contribution in [1.29, 1.82) is 0 Å². The highest BCUT2D eigenvalue weighted by atomic mass is 35.5. The summed E-state index contributed by atoms with van der Waals surface area (Å²) in [7, 11) is -3.84. The Balaban J connectivity index is 2.09. The molecule has 0 atom stereocenters. The molecule has 2 aromatic rings. The number of hydrogen-bond donors (Lipinski definition) is 3. The van der Waals surface area contributed by atoms with Crippen LogP contribution in [0.1, 0.15) is 6.92 Å². The zero-order chi connectivity index (χ0) is 17.0. The first-order valence-electron chi connectivity index (χ1n) is 6.38. The van der Waals surface area contributed by atoms with Gasteiger partial charge in [-0.3, -0.25) is 4.79 Å². The molecule has 9 heteroatoms. The fraction of sp³-hybridized carbons (Fsp3) is 0.0714. The van der Waals surface area contributed by atoms with Crippen LogP contribution in [0.15, 0.2) is 47.4 Å². The number of rotatable bonds is 5. The van der Waals surface area contributed by atoms with E-state index in [-0.39, 0.29) is 21.5 Å². The Morgan fingerprint density at radius 2 is 1.70 bits per heavy atom. The molecule has 6 nitrogen and oxygen atoms in total. The Morgan fingerprint density at radius 3 is 2.26 bits per heavy atom. The first-order valence-corrected chi connectivity index (χ1v) is 8.24. The zero-order valence-corrected chi connectivity index (χ0v) is 13.5. The van der Waals surface area contributed by atoms with Gasteiger partial charge in [0.1, 0.15) is 5.82 Å². The highest BCUT2D eigenvalue weighted by Crippen LogP contribution is 2.19. The quantitative estimate of drug-likeness (QED) is 0.718. The number of amides is 1. The highest BCUT2D eigenvalue weighted by Gasteiger charge is 2.14. The zero-order valence-electron chi connectivity index (χ0n) is 11.9. The molecular weight excluding hydrogens is 345 g/mol. The summed E-state index contributed by atoms with van der Waals surface area (Å²) in [6.07, 6.45) is 0. The van der Waals surface area contributed by atoms with Crippen molar-refractivity contribution < 1.29 is 17.6 Å². The molecule has 0 unspecified atom stereocenters. The van der Waals surface area contributed by atoms with Crippen LogP contribution >= 0.6 is 11.6 Å². The normalized spacial score (nSPS) is 11.1. The van der Waals surface area contributed by atoms with Crippen molar-refractivity contribution in [3.8, 4) is 0 Å². The molecule has 0 saturated heterocycles. The van der Waals surface area contributed by atoms with Crippen LogP contribution in [0.3, 0.4) is 0 Å². The fourth-order valence-electron chi connectivity index (χ4n) is 1.68. The van der Waals surface area contributed by atoms with Gasteiger partial charge in [-0.1, -0.05) is 11.6 Å². The average Bonchev–Trinajstić information content (AvgIpc) is 2.48. The Kier molecular flexibility index (Phi) is 5.19. The van der Waals surface area contributed by atoms with Gasteiger partial charge in [-0.15, -0.1) is 4.83 Å². The van der Waals surface area contributed by atoms with E-state index < -0.39 is 15.8 Å². The smallest absolute Gasteiger partial charge is 0.257 e. The Hall–Kier alpha value is -2.16. The lowest BCUT2D eigenvalue weighted by Crippen LogP contribution is -2.29. The lowest BCUT2D eigenvalue weighted by Gasteiger charge is -2.10. The summed E-state index contributed by atoms with van der Waals surface area (Å²) < 4.78 is 37.3. The SMILES string of the molecule is CC(=O)Nc1ccc(S(=O)(=O)NNc2ccc(F)c(Cl)c2)cc1. The van der Waals surface area contributed by atoms with Crippen molar-refractivity contribution in [2.75, 3.05) is 10.7 Å². The molecule has 0 aliphatic carbocycles. The topological polar surface area (TPSA) is 87.3 Å². The second kappa shape index (κ2) is 6.95. The molecule has 0 saturated carbocycles. The van der Waals surface area contributed by atoms with E-state index in [9.17, 15) is 17.6 Å². The van der Waals surface area contributed by atoms with Gasteiger partial charge >= 0.3 is 0 Å². The third kappa shape index (κ3) is 4.65. The Labute approximate surface area is 137 Å². The Bertz CT molecular complexity index is 826. The molecule has 0 radical (unpaired) electrons. The maximum atomic E-state index is 13.0. The standard InChI is InChI=1S/C14H13ClFN3O3S/c1-9(20)17-10-2-5-12(6-3-10)23(21,22)19-18-11-4-7-14(16)13(15)8-11/h2-8,18-19H,1H3,(H,17,20). The minimum Gasteiger partial charge on any atom is -0.326 e. The number of halogens is 2. The Morgan fingerprint density at radius 1 is 1.09 bits per heavy atom. The van der Waals surface area contributed by atoms with Crippen molar-refractivity contribution >= 4 is 38.9 Å². The first kappa shape index (κ1) is 17.2. The molecule has 0 heterocycles. The van der Waals surface area contributed by atoms with Gasteiger partial charge in [-0.2, -0.15) is 0 Å². The van der Waals surface area contributed by atoms with Crippen LogP contribution in [0, 0.1) is 5.82 Å². The van der Waals surface area contributed by atoms with E-state index in [1.54, 1.807) is 0 Å². The van der Waals surface area contributed by atoms with E-state index in [0.717, 1.165) is 6.07 Å². The van der Waals surface area contributed by atoms with Crippen LogP contribution in [0.5, 0.6) is 0 Å². The molecule has 0 aliphatic rings. The molecule has 0 aromatic heterocycles. The first-order chi connectivity index (χ1) is 10.8. The fourth-order valence-corrected chi connectivity index (χ4v) is 2.72. The lowest BCUT2D eigenvalue weighted by atomic mass is 10.3. The summed E-state index contributed by atoms with van der Waals surface area (Å²) >= 11 is 5.61. The molecular formula is C14H13ClFN3O3S. The third-order valence-corrected chi connectivity index (χ3v) is 4.29. The number of sulfonamides is 1. The van der Waals surface area contributed by atoms with E-state index >= 15 is 0 Å². The number of benzene rings is 2. The molecule has 0 aliphatic heterocycles. The van der Waals surface area contributed by atoms with E-state index in [0.29, 0.717) is 5.69 Å². The number of carbonyl (C=O) groups excluding carboxylic acids is 1. The molecule has 2 rings (SSSR count). The number of hydrazine groups is 1. The van der Waals surface area contributed by atoms with E-state index in [2.05, 4.69) is 15.6 Å². The van der Waals surface area contributed by atoms with Crippen molar-refractivity contribution in [2.24, 2.45) is 0 Å². The summed E-state index contributed by atoms with van der Waals surface area (Å²) in [5.74, 6) is -0.859. The molecule has 1 amide bonds. The third-order valence-electron chi connectivity index (χ3n) is 2.73. The predicted octanol–water partition coefficient (Wildman–Crippen LogP) is 2.74. The number of nitrogens with one attached hydrogen (secondary N) is 3. The van der Waals surface area contributed by atoms with Crippen LogP contribution in [0.4, 0.5) is 15.8 Å². The van der Waals surface area contributed by atoms with Crippen LogP contribution in [0.2, 0.25) is 5.02 Å². The number of hydrogen-bond acceptors (Lipinski definition) is 4. The van der Waals surface area contributed by atoms with Gasteiger partial charge in [0.25, 0.3) is 10.0 Å². The number of anilines is 2. The molecule has 3 N–H and O–H groups in total. The van der Waals surface area contributed by atoms with Crippen LogP contribution in [0.25, 0.3) is 0 Å². The second-order valence-corrected chi connectivity index (χ2v) is 6.65.